The van der Waals surface area contributed by atoms with E-state index in [-0.39, 0.29) is 5.56 Å². The summed E-state index contributed by atoms with van der Waals surface area (Å²) in [6, 6.07) is 0.956. The Morgan fingerprint density at radius 3 is 1.69 bits per heavy atom. The maximum absolute atomic E-state index is 12.7. The van der Waals surface area contributed by atoms with Crippen LogP contribution in [0.3, 0.4) is 0 Å². The third-order valence-electron chi connectivity index (χ3n) is 1.49. The summed E-state index contributed by atoms with van der Waals surface area (Å²) in [7, 11) is 0. The average molecular weight is 242 g/mol. The summed E-state index contributed by atoms with van der Waals surface area (Å²) in [5.74, 6) is -3.06. The molecule has 0 spiro atoms. The summed E-state index contributed by atoms with van der Waals surface area (Å²) < 4.78 is 63.7. The van der Waals surface area contributed by atoms with Gasteiger partial charge in [0, 0.05) is 17.7 Å². The molecular weight excluding hydrogens is 231 g/mol. The number of ether oxygens (including phenoxy) is 1. The average Bonchev–Trinajstić information content (AvgIpc) is 2.14. The predicted octanol–water partition coefficient (Wildman–Crippen LogP) is 4.20. The number of alkyl halides is 3. The normalized spacial score (nSPS) is 10.5. The molecule has 0 fully saturated rings. The molecular formula is C10H11F5O. The van der Waals surface area contributed by atoms with Gasteiger partial charge in [-0.1, -0.05) is 13.8 Å². The highest BCUT2D eigenvalue weighted by atomic mass is 19.4. The second kappa shape index (κ2) is 5.67. The number of benzene rings is 1. The van der Waals surface area contributed by atoms with Crippen molar-refractivity contribution in [2.75, 3.05) is 0 Å². The van der Waals surface area contributed by atoms with Crippen molar-refractivity contribution in [3.05, 3.63) is 29.3 Å². The second-order valence-corrected chi connectivity index (χ2v) is 2.56. The molecule has 0 saturated carbocycles. The first-order valence-electron chi connectivity index (χ1n) is 4.51. The van der Waals surface area contributed by atoms with Crippen molar-refractivity contribution in [1.29, 1.82) is 0 Å². The first-order chi connectivity index (χ1) is 7.29. The number of hydrogen-bond acceptors (Lipinski definition) is 1. The lowest BCUT2D eigenvalue weighted by Gasteiger charge is -2.09. The fourth-order valence-electron chi connectivity index (χ4n) is 0.815. The molecule has 0 unspecified atom stereocenters. The predicted molar refractivity (Wildman–Crippen MR) is 49.1 cm³/mol. The van der Waals surface area contributed by atoms with Gasteiger partial charge in [-0.25, -0.2) is 8.78 Å². The van der Waals surface area contributed by atoms with Crippen molar-refractivity contribution in [2.45, 2.75) is 27.1 Å². The van der Waals surface area contributed by atoms with E-state index in [4.69, 9.17) is 0 Å². The van der Waals surface area contributed by atoms with Crippen LogP contribution in [0, 0.1) is 18.6 Å². The molecule has 0 atom stereocenters. The zero-order valence-corrected chi connectivity index (χ0v) is 8.95. The minimum Gasteiger partial charge on any atom is -0.406 e. The molecule has 0 aliphatic heterocycles. The maximum atomic E-state index is 12.7. The van der Waals surface area contributed by atoms with E-state index >= 15 is 0 Å². The van der Waals surface area contributed by atoms with Crippen LogP contribution in [-0.2, 0) is 0 Å². The van der Waals surface area contributed by atoms with Crippen LogP contribution in [0.5, 0.6) is 5.75 Å². The second-order valence-electron chi connectivity index (χ2n) is 2.56. The van der Waals surface area contributed by atoms with Gasteiger partial charge in [0.1, 0.15) is 17.4 Å². The van der Waals surface area contributed by atoms with E-state index in [2.05, 4.69) is 4.74 Å². The van der Waals surface area contributed by atoms with E-state index in [1.165, 1.54) is 0 Å². The van der Waals surface area contributed by atoms with E-state index in [1.807, 2.05) is 13.8 Å². The van der Waals surface area contributed by atoms with E-state index in [9.17, 15) is 22.0 Å². The van der Waals surface area contributed by atoms with Gasteiger partial charge in [-0.3, -0.25) is 0 Å². The molecule has 0 radical (unpaired) electrons. The van der Waals surface area contributed by atoms with E-state index in [0.29, 0.717) is 12.1 Å². The van der Waals surface area contributed by atoms with Crippen molar-refractivity contribution in [3.8, 4) is 5.75 Å². The van der Waals surface area contributed by atoms with Crippen molar-refractivity contribution in [1.82, 2.24) is 0 Å². The minimum atomic E-state index is -4.95. The highest BCUT2D eigenvalue weighted by molar-refractivity contribution is 5.29. The Hall–Kier alpha value is -1.33. The molecule has 6 heteroatoms. The quantitative estimate of drug-likeness (QED) is 0.670. The zero-order valence-electron chi connectivity index (χ0n) is 8.95. The largest absolute Gasteiger partial charge is 0.573 e. The molecule has 0 aromatic heterocycles. The molecule has 1 aromatic rings. The van der Waals surface area contributed by atoms with Gasteiger partial charge in [0.2, 0.25) is 0 Å². The maximum Gasteiger partial charge on any atom is 0.573 e. The molecule has 1 aromatic carbocycles. The fraction of sp³-hybridized carbons (Fsp3) is 0.400. The summed E-state index contributed by atoms with van der Waals surface area (Å²) in [6.45, 7) is 5.11. The summed E-state index contributed by atoms with van der Waals surface area (Å²) in [5.41, 5.74) is -0.348. The molecule has 92 valence electrons. The van der Waals surface area contributed by atoms with Crippen molar-refractivity contribution < 1.29 is 26.7 Å². The summed E-state index contributed by atoms with van der Waals surface area (Å²) in [6.07, 6.45) is -4.95. The van der Waals surface area contributed by atoms with Crippen molar-refractivity contribution in [2.24, 2.45) is 0 Å². The molecule has 0 bridgehead atoms. The van der Waals surface area contributed by atoms with Crippen LogP contribution in [0.15, 0.2) is 12.1 Å². The molecule has 0 aliphatic rings. The van der Waals surface area contributed by atoms with E-state index < -0.39 is 23.7 Å². The standard InChI is InChI=1S/C8H5F5O.C2H6/c1-4-6(9)2-5(3-7(4)10)14-8(11,12)13;1-2/h2-3H,1H3;1-2H3. The molecule has 0 heterocycles. The Labute approximate surface area is 89.8 Å². The molecule has 0 aliphatic carbocycles. The molecule has 0 saturated heterocycles. The zero-order chi connectivity index (χ0) is 12.9. The molecule has 16 heavy (non-hydrogen) atoms. The van der Waals surface area contributed by atoms with Gasteiger partial charge >= 0.3 is 6.36 Å². The van der Waals surface area contributed by atoms with Gasteiger partial charge in [0.05, 0.1) is 0 Å². The van der Waals surface area contributed by atoms with Crippen LogP contribution >= 0.6 is 0 Å². The Bertz CT molecular complexity index is 323. The highest BCUT2D eigenvalue weighted by Gasteiger charge is 2.31. The smallest absolute Gasteiger partial charge is 0.406 e. The fourth-order valence-corrected chi connectivity index (χ4v) is 0.815. The Kier molecular flexibility index (Phi) is 5.20. The monoisotopic (exact) mass is 242 g/mol. The molecule has 0 amide bonds. The Morgan fingerprint density at radius 1 is 1.00 bits per heavy atom. The number of hydrogen-bond donors (Lipinski definition) is 0. The summed E-state index contributed by atoms with van der Waals surface area (Å²) in [4.78, 5) is 0. The minimum absolute atomic E-state index is 0.348. The van der Waals surface area contributed by atoms with Crippen LogP contribution in [0.1, 0.15) is 19.4 Å². The molecule has 1 rings (SSSR count). The van der Waals surface area contributed by atoms with Gasteiger partial charge in [-0.15, -0.1) is 13.2 Å². The van der Waals surface area contributed by atoms with Gasteiger partial charge in [0.15, 0.2) is 0 Å². The molecule has 0 N–H and O–H groups in total. The van der Waals surface area contributed by atoms with Crippen LogP contribution < -0.4 is 4.74 Å². The Morgan fingerprint density at radius 2 is 1.38 bits per heavy atom. The van der Waals surface area contributed by atoms with Crippen LogP contribution in [0.4, 0.5) is 22.0 Å². The number of rotatable bonds is 1. The number of halogens is 5. The summed E-state index contributed by atoms with van der Waals surface area (Å²) >= 11 is 0. The summed E-state index contributed by atoms with van der Waals surface area (Å²) in [5, 5.41) is 0. The van der Waals surface area contributed by atoms with E-state index in [0.717, 1.165) is 6.92 Å². The van der Waals surface area contributed by atoms with Gasteiger partial charge in [-0.05, 0) is 6.92 Å². The third kappa shape index (κ3) is 4.46. The topological polar surface area (TPSA) is 9.23 Å². The van der Waals surface area contributed by atoms with Crippen LogP contribution in [0.2, 0.25) is 0 Å². The lowest BCUT2D eigenvalue weighted by Crippen LogP contribution is -2.17. The van der Waals surface area contributed by atoms with E-state index in [1.54, 1.807) is 0 Å². The van der Waals surface area contributed by atoms with Crippen molar-refractivity contribution in [3.63, 3.8) is 0 Å². The first kappa shape index (κ1) is 14.7. The lowest BCUT2D eigenvalue weighted by molar-refractivity contribution is -0.274. The molecule has 1 nitrogen and oxygen atoms in total. The van der Waals surface area contributed by atoms with Crippen LogP contribution in [-0.4, -0.2) is 6.36 Å². The van der Waals surface area contributed by atoms with Gasteiger partial charge in [0.25, 0.3) is 0 Å². The van der Waals surface area contributed by atoms with Gasteiger partial charge in [-0.2, -0.15) is 0 Å². The van der Waals surface area contributed by atoms with Crippen molar-refractivity contribution >= 4 is 0 Å². The highest BCUT2D eigenvalue weighted by Crippen LogP contribution is 2.25. The van der Waals surface area contributed by atoms with Gasteiger partial charge < -0.3 is 4.74 Å². The first-order valence-corrected chi connectivity index (χ1v) is 4.51. The third-order valence-corrected chi connectivity index (χ3v) is 1.49. The lowest BCUT2D eigenvalue weighted by atomic mass is 10.2. The SMILES string of the molecule is CC.Cc1c(F)cc(OC(F)(F)F)cc1F. The van der Waals surface area contributed by atoms with Crippen LogP contribution in [0.25, 0.3) is 0 Å². The Balaban J connectivity index is 0.00000106.